The van der Waals surface area contributed by atoms with Crippen LogP contribution in [0.15, 0.2) is 22.6 Å². The SMILES string of the molecule is CCc1ccc2oc(CC(N)CC(C)(C)C)nc2c1. The van der Waals surface area contributed by atoms with Crippen molar-refractivity contribution in [1.29, 1.82) is 0 Å². The molecule has 0 spiro atoms. The molecule has 0 amide bonds. The molecule has 3 heteroatoms. The summed E-state index contributed by atoms with van der Waals surface area (Å²) in [6.07, 6.45) is 2.68. The van der Waals surface area contributed by atoms with Crippen LogP contribution in [0.1, 0.15) is 45.6 Å². The quantitative estimate of drug-likeness (QED) is 0.912. The zero-order valence-corrected chi connectivity index (χ0v) is 12.4. The maximum atomic E-state index is 6.17. The largest absolute Gasteiger partial charge is 0.441 e. The summed E-state index contributed by atoms with van der Waals surface area (Å²) in [7, 11) is 0. The highest BCUT2D eigenvalue weighted by Gasteiger charge is 2.18. The van der Waals surface area contributed by atoms with Gasteiger partial charge in [0.25, 0.3) is 0 Å². The van der Waals surface area contributed by atoms with E-state index in [0.717, 1.165) is 29.8 Å². The Bertz CT molecular complexity index is 551. The molecule has 1 heterocycles. The van der Waals surface area contributed by atoms with E-state index >= 15 is 0 Å². The summed E-state index contributed by atoms with van der Waals surface area (Å²) in [5.41, 5.74) is 9.49. The zero-order valence-electron chi connectivity index (χ0n) is 12.4. The van der Waals surface area contributed by atoms with Crippen LogP contribution in [0.25, 0.3) is 11.1 Å². The van der Waals surface area contributed by atoms with E-state index in [-0.39, 0.29) is 11.5 Å². The van der Waals surface area contributed by atoms with Gasteiger partial charge in [-0.3, -0.25) is 0 Å². The van der Waals surface area contributed by atoms with E-state index in [1.165, 1.54) is 5.56 Å². The lowest BCUT2D eigenvalue weighted by Gasteiger charge is -2.22. The minimum Gasteiger partial charge on any atom is -0.441 e. The van der Waals surface area contributed by atoms with Crippen molar-refractivity contribution in [2.24, 2.45) is 11.1 Å². The van der Waals surface area contributed by atoms with Gasteiger partial charge in [0.2, 0.25) is 0 Å². The molecule has 0 saturated heterocycles. The molecule has 0 saturated carbocycles. The first-order valence-electron chi connectivity index (χ1n) is 7.01. The van der Waals surface area contributed by atoms with Crippen LogP contribution in [0.3, 0.4) is 0 Å². The number of aryl methyl sites for hydroxylation is 1. The fraction of sp³-hybridized carbons (Fsp3) is 0.562. The number of oxazole rings is 1. The van der Waals surface area contributed by atoms with Gasteiger partial charge in [0.1, 0.15) is 5.52 Å². The maximum Gasteiger partial charge on any atom is 0.197 e. The van der Waals surface area contributed by atoms with Gasteiger partial charge < -0.3 is 10.2 Å². The second kappa shape index (κ2) is 5.33. The molecule has 0 aliphatic rings. The molecule has 0 fully saturated rings. The number of hydrogen-bond acceptors (Lipinski definition) is 3. The van der Waals surface area contributed by atoms with E-state index in [1.807, 2.05) is 6.07 Å². The van der Waals surface area contributed by atoms with Crippen molar-refractivity contribution in [3.8, 4) is 0 Å². The van der Waals surface area contributed by atoms with Crippen LogP contribution in [-0.2, 0) is 12.8 Å². The Morgan fingerprint density at radius 2 is 2.05 bits per heavy atom. The van der Waals surface area contributed by atoms with Crippen LogP contribution >= 0.6 is 0 Å². The molecule has 2 aromatic rings. The van der Waals surface area contributed by atoms with Crippen LogP contribution in [-0.4, -0.2) is 11.0 Å². The highest BCUT2D eigenvalue weighted by atomic mass is 16.3. The minimum absolute atomic E-state index is 0.0960. The number of aromatic nitrogens is 1. The Morgan fingerprint density at radius 1 is 1.32 bits per heavy atom. The highest BCUT2D eigenvalue weighted by molar-refractivity contribution is 5.73. The Kier molecular flexibility index (Phi) is 3.95. The molecule has 0 aliphatic heterocycles. The van der Waals surface area contributed by atoms with Crippen molar-refractivity contribution in [2.45, 2.75) is 53.0 Å². The standard InChI is InChI=1S/C16H24N2O/c1-5-11-6-7-14-13(8-11)18-15(19-14)9-12(17)10-16(2,3)4/h6-8,12H,5,9-10,17H2,1-4H3. The van der Waals surface area contributed by atoms with Crippen molar-refractivity contribution in [3.05, 3.63) is 29.7 Å². The highest BCUT2D eigenvalue weighted by Crippen LogP contribution is 2.23. The van der Waals surface area contributed by atoms with Crippen molar-refractivity contribution < 1.29 is 4.42 Å². The fourth-order valence-electron chi connectivity index (χ4n) is 2.41. The molecule has 2 N–H and O–H groups in total. The average molecular weight is 260 g/mol. The first-order valence-corrected chi connectivity index (χ1v) is 7.01. The lowest BCUT2D eigenvalue weighted by molar-refractivity contribution is 0.329. The Balaban J connectivity index is 2.13. The molecule has 0 aliphatic carbocycles. The second-order valence-electron chi connectivity index (χ2n) is 6.49. The number of fused-ring (bicyclic) bond motifs is 1. The second-order valence-corrected chi connectivity index (χ2v) is 6.49. The summed E-state index contributed by atoms with van der Waals surface area (Å²) in [6, 6.07) is 6.28. The lowest BCUT2D eigenvalue weighted by Crippen LogP contribution is -2.28. The van der Waals surface area contributed by atoms with Gasteiger partial charge >= 0.3 is 0 Å². The molecule has 0 radical (unpaired) electrons. The fourth-order valence-corrected chi connectivity index (χ4v) is 2.41. The summed E-state index contributed by atoms with van der Waals surface area (Å²) >= 11 is 0. The molecule has 2 rings (SSSR count). The Morgan fingerprint density at radius 3 is 2.68 bits per heavy atom. The summed E-state index contributed by atoms with van der Waals surface area (Å²) in [5.74, 6) is 0.750. The monoisotopic (exact) mass is 260 g/mol. The van der Waals surface area contributed by atoms with E-state index in [1.54, 1.807) is 0 Å². The Labute approximate surface area is 115 Å². The first kappa shape index (κ1) is 14.1. The summed E-state index contributed by atoms with van der Waals surface area (Å²) in [5, 5.41) is 0. The third-order valence-electron chi connectivity index (χ3n) is 3.22. The predicted molar refractivity (Wildman–Crippen MR) is 79.1 cm³/mol. The number of nitrogens with two attached hydrogens (primary N) is 1. The maximum absolute atomic E-state index is 6.17. The predicted octanol–water partition coefficient (Wildman–Crippen LogP) is 3.70. The first-order chi connectivity index (χ1) is 8.87. The van der Waals surface area contributed by atoms with Gasteiger partial charge in [-0.2, -0.15) is 0 Å². The van der Waals surface area contributed by atoms with E-state index < -0.39 is 0 Å². The lowest BCUT2D eigenvalue weighted by atomic mass is 9.87. The number of benzene rings is 1. The molecule has 1 unspecified atom stereocenters. The number of hydrogen-bond donors (Lipinski definition) is 1. The zero-order chi connectivity index (χ0) is 14.0. The molecule has 0 bridgehead atoms. The normalized spacial score (nSPS) is 13.9. The minimum atomic E-state index is 0.0960. The van der Waals surface area contributed by atoms with Crippen molar-refractivity contribution in [1.82, 2.24) is 4.98 Å². The van der Waals surface area contributed by atoms with Gasteiger partial charge in [0, 0.05) is 12.5 Å². The topological polar surface area (TPSA) is 52.0 Å². The molecule has 3 nitrogen and oxygen atoms in total. The van der Waals surface area contributed by atoms with Crippen LogP contribution in [0.5, 0.6) is 0 Å². The van der Waals surface area contributed by atoms with Gasteiger partial charge in [-0.15, -0.1) is 0 Å². The Hall–Kier alpha value is -1.35. The molecule has 19 heavy (non-hydrogen) atoms. The van der Waals surface area contributed by atoms with Crippen molar-refractivity contribution >= 4 is 11.1 Å². The van der Waals surface area contributed by atoms with Crippen molar-refractivity contribution in [2.75, 3.05) is 0 Å². The van der Waals surface area contributed by atoms with Gasteiger partial charge in [-0.05, 0) is 36.0 Å². The van der Waals surface area contributed by atoms with E-state index in [9.17, 15) is 0 Å². The smallest absolute Gasteiger partial charge is 0.197 e. The van der Waals surface area contributed by atoms with Gasteiger partial charge in [-0.25, -0.2) is 4.98 Å². The van der Waals surface area contributed by atoms with Crippen LogP contribution in [0.2, 0.25) is 0 Å². The molecule has 1 aromatic carbocycles. The number of rotatable bonds is 4. The summed E-state index contributed by atoms with van der Waals surface area (Å²) < 4.78 is 5.76. The van der Waals surface area contributed by atoms with E-state index in [0.29, 0.717) is 6.42 Å². The van der Waals surface area contributed by atoms with Crippen molar-refractivity contribution in [3.63, 3.8) is 0 Å². The van der Waals surface area contributed by atoms with Crippen LogP contribution in [0.4, 0.5) is 0 Å². The third-order valence-corrected chi connectivity index (χ3v) is 3.22. The number of nitrogens with zero attached hydrogens (tertiary/aromatic N) is 1. The van der Waals surface area contributed by atoms with E-state index in [4.69, 9.17) is 10.2 Å². The van der Waals surface area contributed by atoms with Gasteiger partial charge in [0.15, 0.2) is 11.5 Å². The van der Waals surface area contributed by atoms with E-state index in [2.05, 4.69) is 44.8 Å². The molecule has 1 atom stereocenters. The average Bonchev–Trinajstić information content (AvgIpc) is 2.66. The van der Waals surface area contributed by atoms with Gasteiger partial charge in [-0.1, -0.05) is 33.8 Å². The molecular formula is C16H24N2O. The summed E-state index contributed by atoms with van der Waals surface area (Å²) in [4.78, 5) is 4.54. The molecule has 1 aromatic heterocycles. The molecular weight excluding hydrogens is 236 g/mol. The molecule has 104 valence electrons. The summed E-state index contributed by atoms with van der Waals surface area (Å²) in [6.45, 7) is 8.74. The van der Waals surface area contributed by atoms with Gasteiger partial charge in [0.05, 0.1) is 0 Å². The van der Waals surface area contributed by atoms with Crippen LogP contribution in [0, 0.1) is 5.41 Å². The third kappa shape index (κ3) is 3.80. The van der Waals surface area contributed by atoms with Crippen LogP contribution < -0.4 is 5.73 Å².